The van der Waals surface area contributed by atoms with Gasteiger partial charge in [0.25, 0.3) is 11.8 Å². The molecule has 39 heavy (non-hydrogen) atoms. The summed E-state index contributed by atoms with van der Waals surface area (Å²) in [6.45, 7) is 2.80. The van der Waals surface area contributed by atoms with Crippen LogP contribution in [0.4, 0.5) is 5.69 Å². The minimum atomic E-state index is -0.262. The maximum Gasteiger partial charge on any atom is 0.263 e. The van der Waals surface area contributed by atoms with E-state index in [1.807, 2.05) is 37.4 Å². The number of carbonyl (C=O) groups is 3. The maximum absolute atomic E-state index is 13.4. The van der Waals surface area contributed by atoms with E-state index in [-0.39, 0.29) is 36.3 Å². The Morgan fingerprint density at radius 1 is 1.05 bits per heavy atom. The molecule has 2 fully saturated rings. The third-order valence-electron chi connectivity index (χ3n) is 8.06. The number of imide groups is 1. The van der Waals surface area contributed by atoms with Crippen LogP contribution in [0, 0.1) is 5.92 Å². The summed E-state index contributed by atoms with van der Waals surface area (Å²) in [7, 11) is 5.06. The van der Waals surface area contributed by atoms with Crippen molar-refractivity contribution in [1.29, 1.82) is 0 Å². The van der Waals surface area contributed by atoms with E-state index in [0.29, 0.717) is 48.7 Å². The number of rotatable bonds is 9. The third kappa shape index (κ3) is 5.45. The zero-order chi connectivity index (χ0) is 27.5. The van der Waals surface area contributed by atoms with Gasteiger partial charge >= 0.3 is 0 Å². The average molecular weight is 536 g/mol. The molecule has 0 saturated carbocycles. The van der Waals surface area contributed by atoms with Crippen molar-refractivity contribution in [2.75, 3.05) is 59.0 Å². The Morgan fingerprint density at radius 3 is 2.62 bits per heavy atom. The highest BCUT2D eigenvalue weighted by Gasteiger charge is 2.41. The zero-order valence-electron chi connectivity index (χ0n) is 23.0. The van der Waals surface area contributed by atoms with Crippen molar-refractivity contribution in [2.45, 2.75) is 38.2 Å². The molecule has 0 bridgehead atoms. The van der Waals surface area contributed by atoms with Gasteiger partial charge in [-0.3, -0.25) is 19.3 Å². The number of piperidine rings is 1. The lowest BCUT2D eigenvalue weighted by atomic mass is 9.94. The van der Waals surface area contributed by atoms with Crippen LogP contribution < -0.4 is 14.4 Å². The molecule has 2 aromatic rings. The van der Waals surface area contributed by atoms with Gasteiger partial charge in [-0.25, -0.2) is 0 Å². The third-order valence-corrected chi connectivity index (χ3v) is 8.06. The largest absolute Gasteiger partial charge is 0.493 e. The van der Waals surface area contributed by atoms with Crippen LogP contribution in [0.1, 0.15) is 52.0 Å². The van der Waals surface area contributed by atoms with Gasteiger partial charge in [0.2, 0.25) is 5.91 Å². The number of benzene rings is 2. The first-order valence-corrected chi connectivity index (χ1v) is 13.7. The standard InChI is InChI=1S/C30H37N3O6/c1-31(15-13-20-11-12-25(37-2)26(17-20)38-3)28(34)21-7-5-14-32(18-21)24-10-4-9-23-27(24)30(36)33(29(23)35)19-22-8-6-16-39-22/h4,9-12,17,21-22H,5-8,13-16,18-19H2,1-3H3/t21-,22-/m1/s1. The number of anilines is 1. The fourth-order valence-corrected chi connectivity index (χ4v) is 5.89. The molecule has 9 nitrogen and oxygen atoms in total. The molecule has 3 heterocycles. The second-order valence-corrected chi connectivity index (χ2v) is 10.5. The normalized spacial score (nSPS) is 20.8. The smallest absolute Gasteiger partial charge is 0.263 e. The lowest BCUT2D eigenvalue weighted by Gasteiger charge is -2.36. The van der Waals surface area contributed by atoms with E-state index >= 15 is 0 Å². The number of amides is 3. The minimum Gasteiger partial charge on any atom is -0.493 e. The van der Waals surface area contributed by atoms with E-state index in [0.717, 1.165) is 43.5 Å². The Labute approximate surface area is 229 Å². The average Bonchev–Trinajstić information content (AvgIpc) is 3.58. The molecule has 0 radical (unpaired) electrons. The van der Waals surface area contributed by atoms with E-state index in [9.17, 15) is 14.4 Å². The predicted octanol–water partition coefficient (Wildman–Crippen LogP) is 3.40. The second kappa shape index (κ2) is 11.7. The Morgan fingerprint density at radius 2 is 1.87 bits per heavy atom. The maximum atomic E-state index is 13.4. The summed E-state index contributed by atoms with van der Waals surface area (Å²) in [6, 6.07) is 11.3. The molecule has 9 heteroatoms. The molecule has 0 N–H and O–H groups in total. The van der Waals surface area contributed by atoms with Gasteiger partial charge in [0, 0.05) is 33.3 Å². The van der Waals surface area contributed by atoms with Gasteiger partial charge in [-0.2, -0.15) is 0 Å². The number of hydrogen-bond donors (Lipinski definition) is 0. The van der Waals surface area contributed by atoms with Crippen LogP contribution in [-0.2, 0) is 16.0 Å². The van der Waals surface area contributed by atoms with E-state index in [1.54, 1.807) is 25.2 Å². The Balaban J connectivity index is 1.25. The van der Waals surface area contributed by atoms with Gasteiger partial charge in [0.15, 0.2) is 11.5 Å². The fourth-order valence-electron chi connectivity index (χ4n) is 5.89. The molecule has 2 aromatic carbocycles. The SMILES string of the molecule is COc1ccc(CCN(C)C(=O)[C@@H]2CCCN(c3cccc4c3C(=O)N(C[C@H]3CCCO3)C4=O)C2)cc1OC. The molecule has 0 aliphatic carbocycles. The summed E-state index contributed by atoms with van der Waals surface area (Å²) >= 11 is 0. The molecule has 0 unspecified atom stereocenters. The van der Waals surface area contributed by atoms with E-state index in [2.05, 4.69) is 4.90 Å². The van der Waals surface area contributed by atoms with Crippen LogP contribution >= 0.6 is 0 Å². The molecule has 3 aliphatic rings. The van der Waals surface area contributed by atoms with Crippen molar-refractivity contribution >= 4 is 23.4 Å². The molecular formula is C30H37N3O6. The van der Waals surface area contributed by atoms with Crippen LogP contribution in [0.3, 0.4) is 0 Å². The molecule has 2 atom stereocenters. The summed E-state index contributed by atoms with van der Waals surface area (Å²) in [5.41, 5.74) is 2.70. The van der Waals surface area contributed by atoms with Crippen molar-refractivity contribution in [1.82, 2.24) is 9.80 Å². The van der Waals surface area contributed by atoms with Crippen LogP contribution in [0.25, 0.3) is 0 Å². The minimum absolute atomic E-state index is 0.0927. The molecule has 3 aliphatic heterocycles. The monoisotopic (exact) mass is 535 g/mol. The summed E-state index contributed by atoms with van der Waals surface area (Å²) < 4.78 is 16.4. The summed E-state index contributed by atoms with van der Waals surface area (Å²) in [5.74, 6) is 0.740. The number of fused-ring (bicyclic) bond motifs is 1. The molecular weight excluding hydrogens is 498 g/mol. The van der Waals surface area contributed by atoms with E-state index in [4.69, 9.17) is 14.2 Å². The first-order valence-electron chi connectivity index (χ1n) is 13.7. The van der Waals surface area contributed by atoms with Gasteiger partial charge in [-0.05, 0) is 61.9 Å². The second-order valence-electron chi connectivity index (χ2n) is 10.5. The summed E-state index contributed by atoms with van der Waals surface area (Å²) in [4.78, 5) is 45.2. The number of hydrogen-bond acceptors (Lipinski definition) is 7. The zero-order valence-corrected chi connectivity index (χ0v) is 23.0. The fraction of sp³-hybridized carbons (Fsp3) is 0.500. The van der Waals surface area contributed by atoms with Crippen LogP contribution in [-0.4, -0.2) is 87.7 Å². The van der Waals surface area contributed by atoms with Crippen LogP contribution in [0.5, 0.6) is 11.5 Å². The topological polar surface area (TPSA) is 88.6 Å². The first kappa shape index (κ1) is 27.0. The van der Waals surface area contributed by atoms with Crippen molar-refractivity contribution in [3.63, 3.8) is 0 Å². The number of ether oxygens (including phenoxy) is 3. The van der Waals surface area contributed by atoms with Gasteiger partial charge in [0.05, 0.1) is 49.6 Å². The van der Waals surface area contributed by atoms with Crippen molar-refractivity contribution in [2.24, 2.45) is 5.92 Å². The molecule has 0 aromatic heterocycles. The number of nitrogens with zero attached hydrogens (tertiary/aromatic N) is 3. The molecule has 5 rings (SSSR count). The van der Waals surface area contributed by atoms with Crippen molar-refractivity contribution in [3.8, 4) is 11.5 Å². The van der Waals surface area contributed by atoms with Gasteiger partial charge in [-0.1, -0.05) is 12.1 Å². The number of carbonyl (C=O) groups excluding carboxylic acids is 3. The Hall–Kier alpha value is -3.59. The highest BCUT2D eigenvalue weighted by molar-refractivity contribution is 6.23. The molecule has 2 saturated heterocycles. The first-order chi connectivity index (χ1) is 18.9. The Kier molecular flexibility index (Phi) is 8.07. The predicted molar refractivity (Wildman–Crippen MR) is 147 cm³/mol. The number of likely N-dealkylation sites (N-methyl/N-ethyl adjacent to an activating group) is 1. The van der Waals surface area contributed by atoms with Gasteiger partial charge in [-0.15, -0.1) is 0 Å². The van der Waals surface area contributed by atoms with E-state index < -0.39 is 0 Å². The lowest BCUT2D eigenvalue weighted by molar-refractivity contribution is -0.134. The summed E-state index contributed by atoms with van der Waals surface area (Å²) in [6.07, 6.45) is 4.04. The van der Waals surface area contributed by atoms with Crippen LogP contribution in [0.2, 0.25) is 0 Å². The van der Waals surface area contributed by atoms with Gasteiger partial charge < -0.3 is 24.0 Å². The molecule has 0 spiro atoms. The lowest BCUT2D eigenvalue weighted by Crippen LogP contribution is -2.44. The molecule has 208 valence electrons. The van der Waals surface area contributed by atoms with Crippen LogP contribution in [0.15, 0.2) is 36.4 Å². The quantitative estimate of drug-likeness (QED) is 0.455. The van der Waals surface area contributed by atoms with Crippen molar-refractivity contribution in [3.05, 3.63) is 53.1 Å². The number of methoxy groups -OCH3 is 2. The highest BCUT2D eigenvalue weighted by atomic mass is 16.5. The molecule has 3 amide bonds. The van der Waals surface area contributed by atoms with Crippen molar-refractivity contribution < 1.29 is 28.6 Å². The highest BCUT2D eigenvalue weighted by Crippen LogP contribution is 2.35. The van der Waals surface area contributed by atoms with Gasteiger partial charge in [0.1, 0.15) is 0 Å². The summed E-state index contributed by atoms with van der Waals surface area (Å²) in [5, 5.41) is 0. The van der Waals surface area contributed by atoms with E-state index in [1.165, 1.54) is 4.90 Å². The Bertz CT molecular complexity index is 1240.